The smallest absolute Gasteiger partial charge is 0.138 e. The molecule has 1 aliphatic rings. The van der Waals surface area contributed by atoms with Crippen molar-refractivity contribution in [2.45, 2.75) is 12.5 Å². The van der Waals surface area contributed by atoms with Crippen LogP contribution >= 0.6 is 11.6 Å². The highest BCUT2D eigenvalue weighted by molar-refractivity contribution is 6.32. The van der Waals surface area contributed by atoms with Crippen molar-refractivity contribution in [3.05, 3.63) is 53.1 Å². The summed E-state index contributed by atoms with van der Waals surface area (Å²) in [6.07, 6.45) is 0.659. The van der Waals surface area contributed by atoms with Crippen molar-refractivity contribution in [1.82, 2.24) is 0 Å². The van der Waals surface area contributed by atoms with Gasteiger partial charge < -0.3 is 15.4 Å². The molecule has 6 heteroatoms. The lowest BCUT2D eigenvalue weighted by Crippen LogP contribution is -2.24. The highest BCUT2D eigenvalue weighted by atomic mass is 35.5. The lowest BCUT2D eigenvalue weighted by atomic mass is 10.2. The van der Waals surface area contributed by atoms with Crippen molar-refractivity contribution in [3.8, 4) is 5.75 Å². The van der Waals surface area contributed by atoms with E-state index in [1.807, 2.05) is 4.90 Å². The molecular weight excluding hydrogens is 310 g/mol. The monoisotopic (exact) mass is 324 g/mol. The number of halogens is 3. The predicted octanol–water partition coefficient (Wildman–Crippen LogP) is 3.86. The highest BCUT2D eigenvalue weighted by Gasteiger charge is 2.25. The van der Waals surface area contributed by atoms with Crippen LogP contribution in [0, 0.1) is 11.6 Å². The number of nitrogens with zero attached hydrogens (tertiary/aromatic N) is 1. The zero-order valence-electron chi connectivity index (χ0n) is 11.7. The molecule has 0 amide bonds. The minimum Gasteiger partial charge on any atom is -0.487 e. The highest BCUT2D eigenvalue weighted by Crippen LogP contribution is 2.30. The van der Waals surface area contributed by atoms with Crippen LogP contribution in [0.2, 0.25) is 5.02 Å². The fraction of sp³-hybridized carbons (Fsp3) is 0.250. The summed E-state index contributed by atoms with van der Waals surface area (Å²) in [5.74, 6) is -0.602. The molecule has 1 fully saturated rings. The molecule has 116 valence electrons. The molecule has 3 rings (SSSR count). The third-order valence-corrected chi connectivity index (χ3v) is 3.90. The number of ether oxygens (including phenoxy) is 1. The van der Waals surface area contributed by atoms with E-state index in [2.05, 4.69) is 0 Å². The fourth-order valence-electron chi connectivity index (χ4n) is 2.57. The van der Waals surface area contributed by atoms with Crippen molar-refractivity contribution < 1.29 is 13.5 Å². The van der Waals surface area contributed by atoms with Crippen molar-refractivity contribution in [1.29, 1.82) is 0 Å². The first-order chi connectivity index (χ1) is 10.5. The van der Waals surface area contributed by atoms with E-state index in [1.165, 1.54) is 12.1 Å². The van der Waals surface area contributed by atoms with Gasteiger partial charge in [0.1, 0.15) is 23.5 Å². The van der Waals surface area contributed by atoms with Gasteiger partial charge in [-0.25, -0.2) is 8.78 Å². The van der Waals surface area contributed by atoms with Crippen LogP contribution in [0.15, 0.2) is 36.4 Å². The Labute approximate surface area is 132 Å². The molecule has 1 aliphatic heterocycles. The van der Waals surface area contributed by atoms with Crippen LogP contribution in [-0.2, 0) is 0 Å². The largest absolute Gasteiger partial charge is 0.487 e. The van der Waals surface area contributed by atoms with E-state index in [9.17, 15) is 8.78 Å². The molecule has 0 spiro atoms. The molecule has 22 heavy (non-hydrogen) atoms. The Morgan fingerprint density at radius 3 is 2.55 bits per heavy atom. The van der Waals surface area contributed by atoms with E-state index >= 15 is 0 Å². The number of nitrogen functional groups attached to an aromatic ring is 1. The van der Waals surface area contributed by atoms with Crippen molar-refractivity contribution in [3.63, 3.8) is 0 Å². The van der Waals surface area contributed by atoms with E-state index in [-0.39, 0.29) is 6.10 Å². The molecule has 0 aromatic heterocycles. The van der Waals surface area contributed by atoms with Gasteiger partial charge in [-0.15, -0.1) is 0 Å². The van der Waals surface area contributed by atoms with E-state index in [0.717, 1.165) is 12.5 Å². The van der Waals surface area contributed by atoms with Crippen LogP contribution in [-0.4, -0.2) is 19.2 Å². The van der Waals surface area contributed by atoms with Crippen LogP contribution in [0.4, 0.5) is 20.2 Å². The van der Waals surface area contributed by atoms with Gasteiger partial charge in [-0.1, -0.05) is 11.6 Å². The predicted molar refractivity (Wildman–Crippen MR) is 83.5 cm³/mol. The summed E-state index contributed by atoms with van der Waals surface area (Å²) in [6, 6.07) is 8.58. The number of hydrogen-bond donors (Lipinski definition) is 1. The second kappa shape index (κ2) is 6.01. The van der Waals surface area contributed by atoms with E-state index in [1.54, 1.807) is 18.2 Å². The van der Waals surface area contributed by atoms with Gasteiger partial charge in [-0.05, 0) is 30.3 Å². The normalized spacial score (nSPS) is 17.8. The standard InChI is InChI=1S/C16H15ClF2N2O/c17-15-8-12(20)1-2-16(15)22-14-3-4-21(9-14)13-6-10(18)5-11(19)7-13/h1-2,5-8,14H,3-4,9,20H2/t14-/m0/s1. The zero-order chi connectivity index (χ0) is 15.7. The van der Waals surface area contributed by atoms with E-state index in [0.29, 0.717) is 35.2 Å². The molecule has 0 bridgehead atoms. The summed E-state index contributed by atoms with van der Waals surface area (Å²) >= 11 is 6.09. The Morgan fingerprint density at radius 1 is 1.14 bits per heavy atom. The van der Waals surface area contributed by atoms with E-state index < -0.39 is 11.6 Å². The van der Waals surface area contributed by atoms with Crippen molar-refractivity contribution >= 4 is 23.0 Å². The topological polar surface area (TPSA) is 38.5 Å². The maximum Gasteiger partial charge on any atom is 0.138 e. The number of rotatable bonds is 3. The first kappa shape index (κ1) is 14.9. The first-order valence-electron chi connectivity index (χ1n) is 6.94. The molecule has 1 atom stereocenters. The van der Waals surface area contributed by atoms with Gasteiger partial charge in [-0.3, -0.25) is 0 Å². The number of hydrogen-bond acceptors (Lipinski definition) is 3. The minimum atomic E-state index is -0.582. The molecule has 3 nitrogen and oxygen atoms in total. The second-order valence-corrected chi connectivity index (χ2v) is 5.70. The molecule has 2 aromatic rings. The zero-order valence-corrected chi connectivity index (χ0v) is 12.5. The second-order valence-electron chi connectivity index (χ2n) is 5.29. The Hall–Kier alpha value is -2.01. The molecule has 0 radical (unpaired) electrons. The van der Waals surface area contributed by atoms with E-state index in [4.69, 9.17) is 22.1 Å². The quantitative estimate of drug-likeness (QED) is 0.871. The Kier molecular flexibility index (Phi) is 4.07. The molecule has 2 N–H and O–H groups in total. The summed E-state index contributed by atoms with van der Waals surface area (Å²) < 4.78 is 32.4. The molecular formula is C16H15ClF2N2O. The number of anilines is 2. The third kappa shape index (κ3) is 3.25. The number of nitrogens with two attached hydrogens (primary N) is 1. The maximum atomic E-state index is 13.3. The lowest BCUT2D eigenvalue weighted by Gasteiger charge is -2.19. The maximum absolute atomic E-state index is 13.3. The molecule has 0 aliphatic carbocycles. The van der Waals surface area contributed by atoms with Gasteiger partial charge >= 0.3 is 0 Å². The SMILES string of the molecule is Nc1ccc(O[C@H]2CCN(c3cc(F)cc(F)c3)C2)c(Cl)c1. The lowest BCUT2D eigenvalue weighted by molar-refractivity contribution is 0.225. The summed E-state index contributed by atoms with van der Waals surface area (Å²) in [4.78, 5) is 1.89. The average molecular weight is 325 g/mol. The van der Waals surface area contributed by atoms with Gasteiger partial charge in [0.05, 0.1) is 11.6 Å². The van der Waals surface area contributed by atoms with Crippen LogP contribution in [0.25, 0.3) is 0 Å². The van der Waals surface area contributed by atoms with Gasteiger partial charge in [-0.2, -0.15) is 0 Å². The molecule has 1 heterocycles. The number of benzene rings is 2. The summed E-state index contributed by atoms with van der Waals surface area (Å²) in [7, 11) is 0. The van der Waals surface area contributed by atoms with Crippen molar-refractivity contribution in [2.24, 2.45) is 0 Å². The first-order valence-corrected chi connectivity index (χ1v) is 7.32. The molecule has 1 saturated heterocycles. The van der Waals surface area contributed by atoms with Crippen molar-refractivity contribution in [2.75, 3.05) is 23.7 Å². The fourth-order valence-corrected chi connectivity index (χ4v) is 2.81. The van der Waals surface area contributed by atoms with Crippen LogP contribution < -0.4 is 15.4 Å². The summed E-state index contributed by atoms with van der Waals surface area (Å²) in [5.41, 5.74) is 6.73. The third-order valence-electron chi connectivity index (χ3n) is 3.61. The summed E-state index contributed by atoms with van der Waals surface area (Å²) in [5, 5.41) is 0.454. The summed E-state index contributed by atoms with van der Waals surface area (Å²) in [6.45, 7) is 1.21. The van der Waals surface area contributed by atoms with Crippen LogP contribution in [0.3, 0.4) is 0 Å². The van der Waals surface area contributed by atoms with Gasteiger partial charge in [0.25, 0.3) is 0 Å². The average Bonchev–Trinajstić information content (AvgIpc) is 2.89. The van der Waals surface area contributed by atoms with Gasteiger partial charge in [0.15, 0.2) is 0 Å². The Balaban J connectivity index is 1.69. The van der Waals surface area contributed by atoms with Crippen LogP contribution in [0.5, 0.6) is 5.75 Å². The Bertz CT molecular complexity index is 676. The molecule has 2 aromatic carbocycles. The van der Waals surface area contributed by atoms with Crippen LogP contribution in [0.1, 0.15) is 6.42 Å². The molecule has 0 unspecified atom stereocenters. The van der Waals surface area contributed by atoms with Gasteiger partial charge in [0.2, 0.25) is 0 Å². The molecule has 0 saturated carbocycles. The van der Waals surface area contributed by atoms with Gasteiger partial charge in [0, 0.05) is 30.4 Å². The Morgan fingerprint density at radius 2 is 1.86 bits per heavy atom. The minimum absolute atomic E-state index is 0.0903.